The topological polar surface area (TPSA) is 35.6 Å². The molecular weight excluding hydrogens is 429 g/mol. The molecule has 1 fully saturated rings. The number of nitrogens with one attached hydrogen (secondary N) is 1. The van der Waals surface area contributed by atoms with Gasteiger partial charge in [0.05, 0.1) is 10.9 Å². The van der Waals surface area contributed by atoms with Gasteiger partial charge in [-0.05, 0) is 55.1 Å². The predicted molar refractivity (Wildman–Crippen MR) is 128 cm³/mol. The highest BCUT2D eigenvalue weighted by Gasteiger charge is 2.31. The highest BCUT2D eigenvalue weighted by Crippen LogP contribution is 2.42. The molecule has 0 spiro atoms. The fraction of sp³-hybridized carbons (Fsp3) is 0.375. The highest BCUT2D eigenvalue weighted by atomic mass is 32.1. The van der Waals surface area contributed by atoms with Crippen LogP contribution in [0.5, 0.6) is 0 Å². The fourth-order valence-electron chi connectivity index (χ4n) is 4.21. The molecule has 0 bridgehead atoms. The Kier molecular flexibility index (Phi) is 6.86. The second kappa shape index (κ2) is 9.61. The normalized spacial score (nSPS) is 16.4. The zero-order valence-electron chi connectivity index (χ0n) is 18.2. The van der Waals surface area contributed by atoms with Gasteiger partial charge in [0.15, 0.2) is 0 Å². The van der Waals surface area contributed by atoms with Crippen LogP contribution >= 0.6 is 22.7 Å². The molecule has 1 saturated heterocycles. The van der Waals surface area contributed by atoms with E-state index in [2.05, 4.69) is 35.9 Å². The van der Waals surface area contributed by atoms with Crippen LogP contribution in [0.4, 0.5) is 9.39 Å². The smallest absolute Gasteiger partial charge is 0.266 e. The maximum Gasteiger partial charge on any atom is 0.266 e. The van der Waals surface area contributed by atoms with Crippen molar-refractivity contribution in [1.29, 1.82) is 0 Å². The molecule has 4 nitrogen and oxygen atoms in total. The lowest BCUT2D eigenvalue weighted by Gasteiger charge is -2.39. The van der Waals surface area contributed by atoms with E-state index in [0.29, 0.717) is 4.88 Å². The fourth-order valence-corrected chi connectivity index (χ4v) is 5.92. The standard InChI is InChI=1S/C24H28FN3OS2/c1-4-27-10-12-28(13-11-27)22(18-7-5-8-19(25)15-18)21-16(2)17(3)31-24(21)26-23(29)20-9-6-14-30-20/h5-9,14-15,22H,4,10-13H2,1-3H3,(H,26,29)/t22-/m1/s1. The van der Waals surface area contributed by atoms with Crippen molar-refractivity contribution in [2.45, 2.75) is 26.8 Å². The number of aryl methyl sites for hydroxylation is 1. The number of halogens is 1. The zero-order valence-corrected chi connectivity index (χ0v) is 19.8. The number of piperazine rings is 1. The number of nitrogens with zero attached hydrogens (tertiary/aromatic N) is 2. The number of carbonyl (C=O) groups is 1. The molecule has 1 aromatic carbocycles. The summed E-state index contributed by atoms with van der Waals surface area (Å²) in [5.74, 6) is -0.324. The zero-order chi connectivity index (χ0) is 22.0. The van der Waals surface area contributed by atoms with Crippen LogP contribution in [0.15, 0.2) is 41.8 Å². The first-order valence-electron chi connectivity index (χ1n) is 10.6. The predicted octanol–water partition coefficient (Wildman–Crippen LogP) is 5.54. The van der Waals surface area contributed by atoms with Crippen LogP contribution in [-0.4, -0.2) is 48.4 Å². The lowest BCUT2D eigenvalue weighted by Crippen LogP contribution is -2.47. The summed E-state index contributed by atoms with van der Waals surface area (Å²) in [6.07, 6.45) is 0. The molecule has 1 N–H and O–H groups in total. The third-order valence-electron chi connectivity index (χ3n) is 6.06. The minimum absolute atomic E-state index is 0.0914. The Bertz CT molecular complexity index is 1040. The van der Waals surface area contributed by atoms with E-state index in [4.69, 9.17) is 0 Å². The lowest BCUT2D eigenvalue weighted by atomic mass is 9.94. The molecule has 3 aromatic rings. The average molecular weight is 458 g/mol. The van der Waals surface area contributed by atoms with Crippen LogP contribution in [-0.2, 0) is 0 Å². The van der Waals surface area contributed by atoms with Crippen molar-refractivity contribution in [3.05, 3.63) is 74.0 Å². The number of carbonyl (C=O) groups excluding carboxylic acids is 1. The molecular formula is C24H28FN3OS2. The first-order valence-corrected chi connectivity index (χ1v) is 12.3. The highest BCUT2D eigenvalue weighted by molar-refractivity contribution is 7.17. The SMILES string of the molecule is CCN1CCN([C@H](c2cccc(F)c2)c2c(NC(=O)c3cccs3)sc(C)c2C)CC1. The molecule has 1 aliphatic heterocycles. The van der Waals surface area contributed by atoms with Gasteiger partial charge in [-0.25, -0.2) is 4.39 Å². The van der Waals surface area contributed by atoms with Gasteiger partial charge >= 0.3 is 0 Å². The van der Waals surface area contributed by atoms with Gasteiger partial charge in [0.25, 0.3) is 5.91 Å². The van der Waals surface area contributed by atoms with E-state index < -0.39 is 0 Å². The molecule has 4 rings (SSSR count). The largest absolute Gasteiger partial charge is 0.313 e. The molecule has 164 valence electrons. The van der Waals surface area contributed by atoms with E-state index in [-0.39, 0.29) is 17.8 Å². The molecule has 0 saturated carbocycles. The number of rotatable bonds is 6. The van der Waals surface area contributed by atoms with Gasteiger partial charge in [0.2, 0.25) is 0 Å². The number of benzene rings is 1. The summed E-state index contributed by atoms with van der Waals surface area (Å²) in [5, 5.41) is 5.93. The van der Waals surface area contributed by atoms with Gasteiger partial charge in [-0.2, -0.15) is 0 Å². The van der Waals surface area contributed by atoms with Crippen LogP contribution in [0, 0.1) is 19.7 Å². The average Bonchev–Trinajstić information content (AvgIpc) is 3.39. The van der Waals surface area contributed by atoms with Crippen LogP contribution in [0.3, 0.4) is 0 Å². The summed E-state index contributed by atoms with van der Waals surface area (Å²) >= 11 is 3.04. The van der Waals surface area contributed by atoms with Gasteiger partial charge in [-0.15, -0.1) is 22.7 Å². The van der Waals surface area contributed by atoms with Crippen molar-refractivity contribution in [3.63, 3.8) is 0 Å². The second-order valence-electron chi connectivity index (χ2n) is 7.89. The first-order chi connectivity index (χ1) is 15.0. The Morgan fingerprint density at radius 2 is 1.94 bits per heavy atom. The molecule has 3 heterocycles. The first kappa shape index (κ1) is 22.1. The van der Waals surface area contributed by atoms with Gasteiger partial charge in [0, 0.05) is 36.6 Å². The van der Waals surface area contributed by atoms with E-state index >= 15 is 0 Å². The van der Waals surface area contributed by atoms with Gasteiger partial charge in [0.1, 0.15) is 10.8 Å². The molecule has 1 amide bonds. The van der Waals surface area contributed by atoms with Gasteiger partial charge in [-0.3, -0.25) is 9.69 Å². The molecule has 0 unspecified atom stereocenters. The summed E-state index contributed by atoms with van der Waals surface area (Å²) in [4.78, 5) is 19.6. The van der Waals surface area contributed by atoms with E-state index in [1.807, 2.05) is 23.6 Å². The third-order valence-corrected chi connectivity index (χ3v) is 8.07. The summed E-state index contributed by atoms with van der Waals surface area (Å²) in [6.45, 7) is 11.2. The molecule has 31 heavy (non-hydrogen) atoms. The Hall–Kier alpha value is -2.06. The van der Waals surface area contributed by atoms with E-state index in [1.54, 1.807) is 23.5 Å². The van der Waals surface area contributed by atoms with Crippen molar-refractivity contribution in [1.82, 2.24) is 9.80 Å². The quantitative estimate of drug-likeness (QED) is 0.528. The number of anilines is 1. The van der Waals surface area contributed by atoms with E-state index in [0.717, 1.165) is 48.9 Å². The van der Waals surface area contributed by atoms with Crippen LogP contribution in [0.2, 0.25) is 0 Å². The molecule has 1 aliphatic rings. The molecule has 0 aliphatic carbocycles. The molecule has 7 heteroatoms. The van der Waals surface area contributed by atoms with Crippen LogP contribution < -0.4 is 5.32 Å². The Morgan fingerprint density at radius 1 is 1.16 bits per heavy atom. The Morgan fingerprint density at radius 3 is 2.58 bits per heavy atom. The number of hydrogen-bond acceptors (Lipinski definition) is 5. The van der Waals surface area contributed by atoms with Crippen molar-refractivity contribution >= 4 is 33.6 Å². The summed E-state index contributed by atoms with van der Waals surface area (Å²) in [7, 11) is 0. The van der Waals surface area contributed by atoms with Crippen LogP contribution in [0.25, 0.3) is 0 Å². The van der Waals surface area contributed by atoms with Crippen molar-refractivity contribution in [2.24, 2.45) is 0 Å². The minimum atomic E-state index is -0.233. The molecule has 2 aromatic heterocycles. The Labute approximate surface area is 191 Å². The maximum atomic E-state index is 14.2. The summed E-state index contributed by atoms with van der Waals surface area (Å²) < 4.78 is 14.2. The maximum absolute atomic E-state index is 14.2. The van der Waals surface area contributed by atoms with Crippen molar-refractivity contribution < 1.29 is 9.18 Å². The minimum Gasteiger partial charge on any atom is -0.313 e. The Balaban J connectivity index is 1.75. The monoisotopic (exact) mass is 457 g/mol. The number of amides is 1. The number of likely N-dealkylation sites (N-methyl/N-ethyl adjacent to an activating group) is 1. The molecule has 0 radical (unpaired) electrons. The number of thiophene rings is 2. The molecule has 1 atom stereocenters. The number of hydrogen-bond donors (Lipinski definition) is 1. The lowest BCUT2D eigenvalue weighted by molar-refractivity contribution is 0.102. The van der Waals surface area contributed by atoms with E-state index in [1.165, 1.54) is 27.8 Å². The van der Waals surface area contributed by atoms with Crippen molar-refractivity contribution in [2.75, 3.05) is 38.0 Å². The van der Waals surface area contributed by atoms with Gasteiger partial charge in [-0.1, -0.05) is 25.1 Å². The summed E-state index contributed by atoms with van der Waals surface area (Å²) in [6, 6.07) is 10.5. The van der Waals surface area contributed by atoms with Crippen LogP contribution in [0.1, 0.15) is 44.2 Å². The van der Waals surface area contributed by atoms with Crippen molar-refractivity contribution in [3.8, 4) is 0 Å². The van der Waals surface area contributed by atoms with Gasteiger partial charge < -0.3 is 10.2 Å². The van der Waals surface area contributed by atoms with E-state index in [9.17, 15) is 9.18 Å². The second-order valence-corrected chi connectivity index (χ2v) is 10.1. The third kappa shape index (κ3) is 4.75. The summed E-state index contributed by atoms with van der Waals surface area (Å²) in [5.41, 5.74) is 3.18.